The van der Waals surface area contributed by atoms with Gasteiger partial charge in [-0.2, -0.15) is 9.97 Å². The van der Waals surface area contributed by atoms with Gasteiger partial charge in [-0.25, -0.2) is 4.98 Å². The molecule has 0 amide bonds. The summed E-state index contributed by atoms with van der Waals surface area (Å²) in [5, 5.41) is 6.54. The van der Waals surface area contributed by atoms with Gasteiger partial charge in [0.2, 0.25) is 5.95 Å². The molecule has 14 aromatic rings. The highest BCUT2D eigenvalue weighted by Crippen LogP contribution is 2.45. The zero-order valence-corrected chi connectivity index (χ0v) is 37.2. The molecular formula is C63H39N5O. The Kier molecular flexibility index (Phi) is 8.79. The number of fused-ring (bicyclic) bond motifs is 10. The van der Waals surface area contributed by atoms with Gasteiger partial charge in [0, 0.05) is 43.4 Å². The molecule has 0 radical (unpaired) electrons. The van der Waals surface area contributed by atoms with Gasteiger partial charge in [-0.15, -0.1) is 0 Å². The average Bonchev–Trinajstić information content (AvgIpc) is 4.09. The average molecular weight is 882 g/mol. The maximum Gasteiger partial charge on any atom is 0.238 e. The van der Waals surface area contributed by atoms with Crippen molar-refractivity contribution in [1.29, 1.82) is 0 Å². The van der Waals surface area contributed by atoms with E-state index in [0.29, 0.717) is 17.6 Å². The zero-order valence-electron chi connectivity index (χ0n) is 37.2. The molecule has 14 rings (SSSR count). The predicted molar refractivity (Wildman–Crippen MR) is 283 cm³/mol. The van der Waals surface area contributed by atoms with Gasteiger partial charge in [0.05, 0.1) is 27.8 Å². The number of nitrogens with zero attached hydrogens (tertiary/aromatic N) is 5. The van der Waals surface area contributed by atoms with E-state index in [4.69, 9.17) is 19.4 Å². The summed E-state index contributed by atoms with van der Waals surface area (Å²) in [6.07, 6.45) is 0. The second-order valence-corrected chi connectivity index (χ2v) is 17.6. The van der Waals surface area contributed by atoms with Crippen LogP contribution < -0.4 is 0 Å². The molecule has 4 aromatic heterocycles. The number of hydrogen-bond donors (Lipinski definition) is 0. The van der Waals surface area contributed by atoms with E-state index in [-0.39, 0.29) is 0 Å². The van der Waals surface area contributed by atoms with E-state index in [9.17, 15) is 0 Å². The van der Waals surface area contributed by atoms with Crippen LogP contribution in [0.5, 0.6) is 0 Å². The lowest BCUT2D eigenvalue weighted by Gasteiger charge is -2.15. The van der Waals surface area contributed by atoms with Crippen molar-refractivity contribution in [2.24, 2.45) is 0 Å². The molecule has 0 saturated carbocycles. The van der Waals surface area contributed by atoms with Gasteiger partial charge >= 0.3 is 0 Å². The van der Waals surface area contributed by atoms with Gasteiger partial charge in [-0.1, -0.05) is 200 Å². The van der Waals surface area contributed by atoms with Crippen molar-refractivity contribution in [3.63, 3.8) is 0 Å². The monoisotopic (exact) mass is 881 g/mol. The summed E-state index contributed by atoms with van der Waals surface area (Å²) in [6.45, 7) is 0. The summed E-state index contributed by atoms with van der Waals surface area (Å²) in [6, 6.07) is 83.3. The topological polar surface area (TPSA) is 61.7 Å². The third-order valence-electron chi connectivity index (χ3n) is 13.6. The molecule has 6 heteroatoms. The first kappa shape index (κ1) is 38.8. The van der Waals surface area contributed by atoms with E-state index < -0.39 is 0 Å². The van der Waals surface area contributed by atoms with Crippen LogP contribution in [0, 0.1) is 0 Å². The Morgan fingerprint density at radius 3 is 1.41 bits per heavy atom. The van der Waals surface area contributed by atoms with Crippen LogP contribution in [-0.4, -0.2) is 24.1 Å². The van der Waals surface area contributed by atoms with Crippen LogP contribution in [0.25, 0.3) is 133 Å². The molecule has 4 heterocycles. The molecule has 0 spiro atoms. The van der Waals surface area contributed by atoms with Crippen molar-refractivity contribution in [1.82, 2.24) is 24.1 Å². The molecule has 0 fully saturated rings. The van der Waals surface area contributed by atoms with Crippen molar-refractivity contribution in [3.05, 3.63) is 237 Å². The molecule has 0 bridgehead atoms. The molecule has 322 valence electrons. The number of rotatable bonds is 7. The smallest absolute Gasteiger partial charge is 0.238 e. The lowest BCUT2D eigenvalue weighted by molar-refractivity contribution is 0.666. The van der Waals surface area contributed by atoms with Crippen LogP contribution >= 0.6 is 0 Å². The Labute approximate surface area is 396 Å². The first-order chi connectivity index (χ1) is 34.2. The quantitative estimate of drug-likeness (QED) is 0.160. The molecule has 0 aliphatic heterocycles. The zero-order chi connectivity index (χ0) is 45.4. The van der Waals surface area contributed by atoms with Crippen molar-refractivity contribution in [2.75, 3.05) is 0 Å². The van der Waals surface area contributed by atoms with E-state index in [0.717, 1.165) is 110 Å². The molecule has 0 unspecified atom stereocenters. The van der Waals surface area contributed by atoms with Gasteiger partial charge in [-0.05, 0) is 69.8 Å². The highest BCUT2D eigenvalue weighted by atomic mass is 16.3. The number of aromatic nitrogens is 5. The SMILES string of the molecule is c1ccc(-c2ccc(-c3nc(-c4ccccc4)nc(-n4c5ccccc5c5ccc6c7ccccc7n(-c7cc(-c8cccc(-c9ccccc9)c8)cc8c7oc7ccccc78)c6c54)n3)cc2)cc1. The molecule has 69 heavy (non-hydrogen) atoms. The second kappa shape index (κ2) is 15.6. The summed E-state index contributed by atoms with van der Waals surface area (Å²) in [7, 11) is 0. The Morgan fingerprint density at radius 2 is 0.754 bits per heavy atom. The third-order valence-corrected chi connectivity index (χ3v) is 13.6. The van der Waals surface area contributed by atoms with Gasteiger partial charge in [0.1, 0.15) is 5.58 Å². The fraction of sp³-hybridized carbons (Fsp3) is 0. The van der Waals surface area contributed by atoms with Crippen LogP contribution in [-0.2, 0) is 0 Å². The minimum Gasteiger partial charge on any atom is -0.454 e. The van der Waals surface area contributed by atoms with Crippen molar-refractivity contribution in [3.8, 4) is 67.8 Å². The molecule has 6 nitrogen and oxygen atoms in total. The van der Waals surface area contributed by atoms with Crippen LogP contribution in [0.3, 0.4) is 0 Å². The largest absolute Gasteiger partial charge is 0.454 e. The number of benzene rings is 10. The Hall–Kier alpha value is -9.39. The molecule has 0 saturated heterocycles. The first-order valence-corrected chi connectivity index (χ1v) is 23.3. The molecule has 0 atom stereocenters. The predicted octanol–water partition coefficient (Wildman–Crippen LogP) is 16.3. The highest BCUT2D eigenvalue weighted by molar-refractivity contribution is 6.24. The third kappa shape index (κ3) is 6.30. The van der Waals surface area contributed by atoms with Crippen LogP contribution in [0.2, 0.25) is 0 Å². The summed E-state index contributed by atoms with van der Waals surface area (Å²) >= 11 is 0. The Morgan fingerprint density at radius 1 is 0.290 bits per heavy atom. The summed E-state index contributed by atoms with van der Waals surface area (Å²) in [4.78, 5) is 16.0. The van der Waals surface area contributed by atoms with Gasteiger partial charge in [0.15, 0.2) is 17.2 Å². The number of hydrogen-bond acceptors (Lipinski definition) is 4. The normalized spacial score (nSPS) is 11.8. The van der Waals surface area contributed by atoms with E-state index in [1.807, 2.05) is 30.3 Å². The Balaban J connectivity index is 1.08. The molecule has 0 aliphatic carbocycles. The molecular weight excluding hydrogens is 843 g/mol. The summed E-state index contributed by atoms with van der Waals surface area (Å²) < 4.78 is 11.6. The van der Waals surface area contributed by atoms with E-state index in [1.54, 1.807) is 0 Å². The fourth-order valence-corrected chi connectivity index (χ4v) is 10.4. The van der Waals surface area contributed by atoms with Gasteiger partial charge < -0.3 is 8.98 Å². The van der Waals surface area contributed by atoms with Crippen LogP contribution in [0.4, 0.5) is 0 Å². The van der Waals surface area contributed by atoms with Gasteiger partial charge in [0.25, 0.3) is 0 Å². The van der Waals surface area contributed by atoms with Crippen molar-refractivity contribution >= 4 is 65.6 Å². The fourth-order valence-electron chi connectivity index (χ4n) is 10.4. The molecule has 10 aromatic carbocycles. The van der Waals surface area contributed by atoms with Crippen LogP contribution in [0.1, 0.15) is 0 Å². The van der Waals surface area contributed by atoms with E-state index >= 15 is 0 Å². The lowest BCUT2D eigenvalue weighted by Crippen LogP contribution is -2.07. The standard InChI is InChI=1S/C63H39N5O/c1-4-17-40(18-5-1)42-31-33-44(34-32-42)62-64-61(43-21-8-3-9-22-43)65-63(66-62)68-55-29-14-11-26-49(55)52-36-35-51-48-25-10-13-28-54(48)67(58(51)59(52)68)56-39-47(38-53-50-27-12-15-30-57(50)69-60(53)56)46-24-16-23-45(37-46)41-19-6-2-7-20-41/h1-39H. The van der Waals surface area contributed by atoms with E-state index in [2.05, 4.69) is 215 Å². The molecule has 0 aliphatic rings. The lowest BCUT2D eigenvalue weighted by atomic mass is 9.97. The second-order valence-electron chi connectivity index (χ2n) is 17.6. The number of para-hydroxylation sites is 3. The first-order valence-electron chi connectivity index (χ1n) is 23.3. The van der Waals surface area contributed by atoms with Crippen molar-refractivity contribution in [2.45, 2.75) is 0 Å². The Bertz CT molecular complexity index is 4280. The van der Waals surface area contributed by atoms with Crippen molar-refractivity contribution < 1.29 is 4.42 Å². The van der Waals surface area contributed by atoms with E-state index in [1.165, 1.54) is 5.56 Å². The van der Waals surface area contributed by atoms with Gasteiger partial charge in [-0.3, -0.25) is 4.57 Å². The highest BCUT2D eigenvalue weighted by Gasteiger charge is 2.26. The number of furan rings is 1. The summed E-state index contributed by atoms with van der Waals surface area (Å²) in [5.41, 5.74) is 15.3. The molecule has 0 N–H and O–H groups in total. The minimum atomic E-state index is 0.529. The van der Waals surface area contributed by atoms with Crippen LogP contribution in [0.15, 0.2) is 241 Å². The maximum absolute atomic E-state index is 6.98. The minimum absolute atomic E-state index is 0.529. The maximum atomic E-state index is 6.98. The summed E-state index contributed by atoms with van der Waals surface area (Å²) in [5.74, 6) is 1.71.